The number of nitrogens with zero attached hydrogens (tertiary/aromatic N) is 1. The first-order chi connectivity index (χ1) is 9.33. The topological polar surface area (TPSA) is 48.1 Å². The molecule has 0 aliphatic rings. The number of ether oxygens (including phenoxy) is 1. The van der Waals surface area contributed by atoms with Gasteiger partial charge in [-0.2, -0.15) is 0 Å². The quantitative estimate of drug-likeness (QED) is 0.793. The monoisotopic (exact) mass is 270 g/mol. The summed E-state index contributed by atoms with van der Waals surface area (Å²) in [5.41, 5.74) is 7.68. The number of rotatable bonds is 3. The van der Waals surface area contributed by atoms with Gasteiger partial charge in [-0.15, -0.1) is 11.3 Å². The second kappa shape index (κ2) is 4.99. The highest BCUT2D eigenvalue weighted by Gasteiger charge is 2.10. The second-order valence-electron chi connectivity index (χ2n) is 4.21. The Kier molecular flexibility index (Phi) is 3.19. The number of nitrogens with two attached hydrogens (primary N) is 1. The number of hydrogen-bond acceptors (Lipinski definition) is 4. The predicted molar refractivity (Wildman–Crippen MR) is 79.5 cm³/mol. The van der Waals surface area contributed by atoms with Gasteiger partial charge in [-0.05, 0) is 17.5 Å². The van der Waals surface area contributed by atoms with Crippen molar-refractivity contribution < 1.29 is 4.74 Å². The Labute approximate surface area is 115 Å². The average Bonchev–Trinajstić information content (AvgIpc) is 2.95. The lowest BCUT2D eigenvalue weighted by Gasteiger charge is -2.08. The Bertz CT molecular complexity index is 721. The molecule has 0 saturated carbocycles. The van der Waals surface area contributed by atoms with E-state index in [1.165, 1.54) is 0 Å². The molecule has 0 atom stereocenters. The minimum atomic E-state index is 0.477. The van der Waals surface area contributed by atoms with Crippen LogP contribution in [0.3, 0.4) is 0 Å². The minimum absolute atomic E-state index is 0.477. The lowest BCUT2D eigenvalue weighted by Crippen LogP contribution is -1.95. The Balaban J connectivity index is 2.24. The van der Waals surface area contributed by atoms with Gasteiger partial charge in [-0.3, -0.25) is 0 Å². The number of benzene rings is 2. The molecule has 1 heterocycles. The van der Waals surface area contributed by atoms with Crippen LogP contribution in [0.15, 0.2) is 41.8 Å². The van der Waals surface area contributed by atoms with Gasteiger partial charge in [-0.25, -0.2) is 4.98 Å². The molecule has 0 bridgehead atoms. The highest BCUT2D eigenvalue weighted by atomic mass is 32.1. The smallest absolute Gasteiger partial charge is 0.126 e. The summed E-state index contributed by atoms with van der Waals surface area (Å²) < 4.78 is 5.41. The molecule has 0 amide bonds. The molecule has 0 aliphatic heterocycles. The number of thiazole rings is 1. The molecule has 0 unspecified atom stereocenters. The molecule has 19 heavy (non-hydrogen) atoms. The summed E-state index contributed by atoms with van der Waals surface area (Å²) in [7, 11) is 1.69. The standard InChI is InChI=1S/C15H14N2OS/c1-18-14-7-6-13(11-4-2-3-5-12(11)14)15-17-10(8-16)9-19-15/h2-7,9H,8,16H2,1H3. The predicted octanol–water partition coefficient (Wildman–Crippen LogP) is 3.43. The van der Waals surface area contributed by atoms with Crippen LogP contribution in [0.25, 0.3) is 21.3 Å². The van der Waals surface area contributed by atoms with E-state index in [9.17, 15) is 0 Å². The fraction of sp³-hybridized carbons (Fsp3) is 0.133. The molecule has 0 aliphatic carbocycles. The van der Waals surface area contributed by atoms with E-state index >= 15 is 0 Å². The Morgan fingerprint density at radius 1 is 1.16 bits per heavy atom. The first-order valence-corrected chi connectivity index (χ1v) is 6.92. The summed E-state index contributed by atoms with van der Waals surface area (Å²) in [6, 6.07) is 12.2. The maximum Gasteiger partial charge on any atom is 0.126 e. The molecular weight excluding hydrogens is 256 g/mol. The second-order valence-corrected chi connectivity index (χ2v) is 5.07. The highest BCUT2D eigenvalue weighted by molar-refractivity contribution is 7.13. The Morgan fingerprint density at radius 2 is 1.95 bits per heavy atom. The van der Waals surface area contributed by atoms with Gasteiger partial charge in [-0.1, -0.05) is 24.3 Å². The van der Waals surface area contributed by atoms with Crippen LogP contribution in [0, 0.1) is 0 Å². The number of methoxy groups -OCH3 is 1. The molecule has 2 N–H and O–H groups in total. The van der Waals surface area contributed by atoms with E-state index in [1.54, 1.807) is 18.4 Å². The van der Waals surface area contributed by atoms with E-state index < -0.39 is 0 Å². The van der Waals surface area contributed by atoms with Gasteiger partial charge in [0.1, 0.15) is 10.8 Å². The number of aromatic nitrogens is 1. The fourth-order valence-electron chi connectivity index (χ4n) is 2.16. The zero-order valence-corrected chi connectivity index (χ0v) is 11.4. The van der Waals surface area contributed by atoms with Crippen molar-refractivity contribution >= 4 is 22.1 Å². The molecule has 1 aromatic heterocycles. The molecular formula is C15H14N2OS. The zero-order chi connectivity index (χ0) is 13.2. The molecule has 3 aromatic rings. The molecule has 0 saturated heterocycles. The van der Waals surface area contributed by atoms with Gasteiger partial charge in [0.2, 0.25) is 0 Å². The van der Waals surface area contributed by atoms with Crippen LogP contribution in [0.4, 0.5) is 0 Å². The lowest BCUT2D eigenvalue weighted by atomic mass is 10.0. The molecule has 96 valence electrons. The average molecular weight is 270 g/mol. The van der Waals surface area contributed by atoms with Crippen molar-refractivity contribution in [2.45, 2.75) is 6.54 Å². The van der Waals surface area contributed by atoms with Crippen LogP contribution in [-0.4, -0.2) is 12.1 Å². The van der Waals surface area contributed by atoms with E-state index in [0.717, 1.165) is 32.8 Å². The summed E-state index contributed by atoms with van der Waals surface area (Å²) in [6.45, 7) is 0.477. The molecule has 0 fully saturated rings. The first-order valence-electron chi connectivity index (χ1n) is 6.04. The van der Waals surface area contributed by atoms with Crippen molar-refractivity contribution in [3.8, 4) is 16.3 Å². The van der Waals surface area contributed by atoms with Crippen LogP contribution in [-0.2, 0) is 6.54 Å². The number of fused-ring (bicyclic) bond motifs is 1. The van der Waals surface area contributed by atoms with E-state index in [2.05, 4.69) is 23.2 Å². The Hall–Kier alpha value is -1.91. The third kappa shape index (κ3) is 2.09. The summed E-state index contributed by atoms with van der Waals surface area (Å²) in [4.78, 5) is 4.56. The van der Waals surface area contributed by atoms with Crippen LogP contribution < -0.4 is 10.5 Å². The van der Waals surface area contributed by atoms with E-state index in [0.29, 0.717) is 6.54 Å². The minimum Gasteiger partial charge on any atom is -0.496 e. The van der Waals surface area contributed by atoms with Crippen molar-refractivity contribution in [1.82, 2.24) is 4.98 Å². The van der Waals surface area contributed by atoms with Crippen molar-refractivity contribution in [3.05, 3.63) is 47.5 Å². The summed E-state index contributed by atoms with van der Waals surface area (Å²) in [6.07, 6.45) is 0. The van der Waals surface area contributed by atoms with E-state index in [1.807, 2.05) is 23.6 Å². The molecule has 2 aromatic carbocycles. The summed E-state index contributed by atoms with van der Waals surface area (Å²) >= 11 is 1.62. The number of hydrogen-bond donors (Lipinski definition) is 1. The molecule has 4 heteroatoms. The fourth-order valence-corrected chi connectivity index (χ4v) is 3.03. The zero-order valence-electron chi connectivity index (χ0n) is 10.6. The molecule has 0 spiro atoms. The Morgan fingerprint density at radius 3 is 2.63 bits per heavy atom. The van der Waals surface area contributed by atoms with Crippen molar-refractivity contribution in [2.24, 2.45) is 5.73 Å². The van der Waals surface area contributed by atoms with E-state index in [-0.39, 0.29) is 0 Å². The SMILES string of the molecule is COc1ccc(-c2nc(CN)cs2)c2ccccc12. The molecule has 3 rings (SSSR count). The highest BCUT2D eigenvalue weighted by Crippen LogP contribution is 2.35. The first kappa shape index (κ1) is 12.1. The maximum atomic E-state index is 5.62. The van der Waals surface area contributed by atoms with Gasteiger partial charge in [0.05, 0.1) is 12.8 Å². The van der Waals surface area contributed by atoms with Gasteiger partial charge < -0.3 is 10.5 Å². The van der Waals surface area contributed by atoms with Crippen molar-refractivity contribution in [3.63, 3.8) is 0 Å². The normalized spacial score (nSPS) is 10.8. The molecule has 0 radical (unpaired) electrons. The lowest BCUT2D eigenvalue weighted by molar-refractivity contribution is 0.420. The van der Waals surface area contributed by atoms with Gasteiger partial charge in [0.15, 0.2) is 0 Å². The van der Waals surface area contributed by atoms with Crippen LogP contribution in [0.5, 0.6) is 5.75 Å². The van der Waals surface area contributed by atoms with Crippen LogP contribution >= 0.6 is 11.3 Å². The van der Waals surface area contributed by atoms with E-state index in [4.69, 9.17) is 10.5 Å². The summed E-state index contributed by atoms with van der Waals surface area (Å²) in [5.74, 6) is 0.884. The summed E-state index contributed by atoms with van der Waals surface area (Å²) in [5, 5.41) is 5.26. The third-order valence-electron chi connectivity index (χ3n) is 3.10. The largest absolute Gasteiger partial charge is 0.496 e. The van der Waals surface area contributed by atoms with Gasteiger partial charge in [0.25, 0.3) is 0 Å². The van der Waals surface area contributed by atoms with Gasteiger partial charge >= 0.3 is 0 Å². The third-order valence-corrected chi connectivity index (χ3v) is 4.02. The van der Waals surface area contributed by atoms with Crippen LogP contribution in [0.1, 0.15) is 5.69 Å². The van der Waals surface area contributed by atoms with Gasteiger partial charge in [0, 0.05) is 22.9 Å². The van der Waals surface area contributed by atoms with Crippen molar-refractivity contribution in [2.75, 3.05) is 7.11 Å². The van der Waals surface area contributed by atoms with Crippen molar-refractivity contribution in [1.29, 1.82) is 0 Å². The maximum absolute atomic E-state index is 5.62. The van der Waals surface area contributed by atoms with Crippen LogP contribution in [0.2, 0.25) is 0 Å². The molecule has 3 nitrogen and oxygen atoms in total.